The summed E-state index contributed by atoms with van der Waals surface area (Å²) in [6.45, 7) is 4.69. The van der Waals surface area contributed by atoms with Crippen molar-refractivity contribution in [3.8, 4) is 67.1 Å². The summed E-state index contributed by atoms with van der Waals surface area (Å²) in [6.07, 6.45) is 0. The molecule has 0 fully saturated rings. The van der Waals surface area contributed by atoms with E-state index in [4.69, 9.17) is 4.74 Å². The van der Waals surface area contributed by atoms with Crippen LogP contribution in [-0.4, -0.2) is 0 Å². The van der Waals surface area contributed by atoms with Gasteiger partial charge in [-0.1, -0.05) is 129 Å². The molecule has 1 heteroatoms. The summed E-state index contributed by atoms with van der Waals surface area (Å²) >= 11 is 0. The van der Waals surface area contributed by atoms with Crippen molar-refractivity contribution in [1.29, 1.82) is 0 Å². The maximum Gasteiger partial charge on any atom is 0.136 e. The molecule has 0 saturated heterocycles. The SMILES string of the molecule is CC1(C)c2ccccc2-c2ccc(-c3cccc(-c4cccc(-c5cc6c7c(cc8ccccc8c7c5)Oc5ccccc5-6)c4)c3)cc21. The lowest BCUT2D eigenvalue weighted by molar-refractivity contribution is 0.487. The molecule has 0 saturated carbocycles. The van der Waals surface area contributed by atoms with Gasteiger partial charge < -0.3 is 4.74 Å². The van der Waals surface area contributed by atoms with Gasteiger partial charge in [0.1, 0.15) is 11.5 Å². The Bertz CT molecular complexity index is 2620. The van der Waals surface area contributed by atoms with Gasteiger partial charge in [-0.05, 0) is 120 Å². The van der Waals surface area contributed by atoms with Crippen molar-refractivity contribution < 1.29 is 4.74 Å². The lowest BCUT2D eigenvalue weighted by Crippen LogP contribution is -2.14. The molecule has 0 aromatic heterocycles. The number of hydrogen-bond acceptors (Lipinski definition) is 1. The van der Waals surface area contributed by atoms with Crippen LogP contribution in [0.15, 0.2) is 158 Å². The zero-order chi connectivity index (χ0) is 32.0. The summed E-state index contributed by atoms with van der Waals surface area (Å²) in [6, 6.07) is 57.7. The molecule has 226 valence electrons. The first kappa shape index (κ1) is 27.2. The standard InChI is InChI=1S/C47H32O/c1-47(2)42-19-7-5-17-37(42)38-22-21-33(27-43(38)47)31-14-9-12-29(23-31)30-13-10-15-32(24-30)35-25-40-36-16-4-3-11-34(36)28-45-46(40)41(26-35)39-18-6-8-20-44(39)48-45/h3-28H,1-2H3. The Balaban J connectivity index is 1.09. The highest BCUT2D eigenvalue weighted by Gasteiger charge is 2.35. The fourth-order valence-corrected chi connectivity index (χ4v) is 8.20. The van der Waals surface area contributed by atoms with Crippen LogP contribution in [0.25, 0.3) is 77.2 Å². The van der Waals surface area contributed by atoms with Crippen molar-refractivity contribution in [2.24, 2.45) is 0 Å². The van der Waals surface area contributed by atoms with Gasteiger partial charge >= 0.3 is 0 Å². The third-order valence-electron chi connectivity index (χ3n) is 10.6. The molecule has 8 aromatic rings. The van der Waals surface area contributed by atoms with E-state index in [1.165, 1.54) is 82.7 Å². The van der Waals surface area contributed by atoms with Gasteiger partial charge in [0.2, 0.25) is 0 Å². The summed E-state index contributed by atoms with van der Waals surface area (Å²) in [5.41, 5.74) is 15.2. The van der Waals surface area contributed by atoms with E-state index in [-0.39, 0.29) is 5.41 Å². The molecule has 0 N–H and O–H groups in total. The van der Waals surface area contributed by atoms with Crippen LogP contribution in [0.5, 0.6) is 11.5 Å². The van der Waals surface area contributed by atoms with Crippen LogP contribution < -0.4 is 4.74 Å². The van der Waals surface area contributed by atoms with Gasteiger partial charge in [0.15, 0.2) is 0 Å². The summed E-state index contributed by atoms with van der Waals surface area (Å²) in [4.78, 5) is 0. The Kier molecular flexibility index (Phi) is 5.69. The second-order valence-corrected chi connectivity index (χ2v) is 13.7. The van der Waals surface area contributed by atoms with Crippen LogP contribution >= 0.6 is 0 Å². The Morgan fingerprint density at radius 1 is 0.375 bits per heavy atom. The van der Waals surface area contributed by atoms with E-state index in [0.717, 1.165) is 17.1 Å². The molecule has 0 radical (unpaired) electrons. The van der Waals surface area contributed by atoms with Gasteiger partial charge in [0, 0.05) is 16.4 Å². The van der Waals surface area contributed by atoms with Crippen LogP contribution in [0, 0.1) is 0 Å². The molecule has 8 aromatic carbocycles. The zero-order valence-corrected chi connectivity index (χ0v) is 26.9. The van der Waals surface area contributed by atoms with Crippen LogP contribution in [-0.2, 0) is 5.41 Å². The lowest BCUT2D eigenvalue weighted by atomic mass is 9.81. The van der Waals surface area contributed by atoms with E-state index in [1.807, 2.05) is 6.07 Å². The molecule has 2 aliphatic rings. The maximum absolute atomic E-state index is 6.48. The third kappa shape index (κ3) is 3.98. The van der Waals surface area contributed by atoms with Crippen LogP contribution in [0.4, 0.5) is 0 Å². The van der Waals surface area contributed by atoms with Crippen molar-refractivity contribution in [1.82, 2.24) is 0 Å². The summed E-state index contributed by atoms with van der Waals surface area (Å²) in [5, 5.41) is 4.83. The highest BCUT2D eigenvalue weighted by atomic mass is 16.5. The van der Waals surface area contributed by atoms with Gasteiger partial charge in [-0.25, -0.2) is 0 Å². The summed E-state index contributed by atoms with van der Waals surface area (Å²) in [7, 11) is 0. The lowest BCUT2D eigenvalue weighted by Gasteiger charge is -2.23. The molecule has 0 amide bonds. The zero-order valence-electron chi connectivity index (χ0n) is 26.9. The van der Waals surface area contributed by atoms with Crippen LogP contribution in [0.3, 0.4) is 0 Å². The molecule has 1 nitrogen and oxygen atoms in total. The quantitative estimate of drug-likeness (QED) is 0.180. The first-order valence-electron chi connectivity index (χ1n) is 16.8. The van der Waals surface area contributed by atoms with Crippen LogP contribution in [0.1, 0.15) is 25.0 Å². The van der Waals surface area contributed by atoms with Gasteiger partial charge in [-0.2, -0.15) is 0 Å². The van der Waals surface area contributed by atoms with Crippen molar-refractivity contribution in [2.75, 3.05) is 0 Å². The molecular weight excluding hydrogens is 581 g/mol. The predicted octanol–water partition coefficient (Wildman–Crippen LogP) is 13.1. The Hall–Kier alpha value is -5.92. The monoisotopic (exact) mass is 612 g/mol. The predicted molar refractivity (Wildman–Crippen MR) is 201 cm³/mol. The molecule has 1 aliphatic heterocycles. The number of fused-ring (bicyclic) bond motifs is 7. The average Bonchev–Trinajstić information content (AvgIpc) is 3.37. The van der Waals surface area contributed by atoms with E-state index in [1.54, 1.807) is 0 Å². The highest BCUT2D eigenvalue weighted by Crippen LogP contribution is 2.51. The van der Waals surface area contributed by atoms with E-state index in [9.17, 15) is 0 Å². The van der Waals surface area contributed by atoms with Crippen molar-refractivity contribution in [3.63, 3.8) is 0 Å². The summed E-state index contributed by atoms with van der Waals surface area (Å²) < 4.78 is 6.48. The molecule has 48 heavy (non-hydrogen) atoms. The first-order chi connectivity index (χ1) is 23.5. The minimum absolute atomic E-state index is 0.0220. The Morgan fingerprint density at radius 2 is 1.00 bits per heavy atom. The van der Waals surface area contributed by atoms with Crippen molar-refractivity contribution >= 4 is 21.5 Å². The average molecular weight is 613 g/mol. The minimum atomic E-state index is -0.0220. The van der Waals surface area contributed by atoms with E-state index in [0.29, 0.717) is 0 Å². The van der Waals surface area contributed by atoms with Gasteiger partial charge in [0.05, 0.1) is 0 Å². The summed E-state index contributed by atoms with van der Waals surface area (Å²) in [5.74, 6) is 1.83. The molecule has 0 bridgehead atoms. The number of para-hydroxylation sites is 1. The highest BCUT2D eigenvalue weighted by molar-refractivity contribution is 6.17. The fraction of sp³-hybridized carbons (Fsp3) is 0.0638. The fourth-order valence-electron chi connectivity index (χ4n) is 8.20. The molecule has 1 aliphatic carbocycles. The van der Waals surface area contributed by atoms with E-state index < -0.39 is 0 Å². The van der Waals surface area contributed by atoms with Gasteiger partial charge in [-0.3, -0.25) is 0 Å². The number of hydrogen-bond donors (Lipinski definition) is 0. The molecular formula is C47H32O. The van der Waals surface area contributed by atoms with Gasteiger partial charge in [-0.15, -0.1) is 0 Å². The smallest absolute Gasteiger partial charge is 0.136 e. The number of benzene rings is 8. The third-order valence-corrected chi connectivity index (χ3v) is 10.6. The number of rotatable bonds is 3. The first-order valence-corrected chi connectivity index (χ1v) is 16.8. The van der Waals surface area contributed by atoms with Crippen molar-refractivity contribution in [2.45, 2.75) is 19.3 Å². The maximum atomic E-state index is 6.48. The van der Waals surface area contributed by atoms with E-state index >= 15 is 0 Å². The Morgan fingerprint density at radius 3 is 1.79 bits per heavy atom. The van der Waals surface area contributed by atoms with Gasteiger partial charge in [0.25, 0.3) is 0 Å². The molecule has 1 heterocycles. The van der Waals surface area contributed by atoms with Crippen molar-refractivity contribution in [3.05, 3.63) is 169 Å². The second kappa shape index (κ2) is 10.0. The normalized spacial score (nSPS) is 13.5. The second-order valence-electron chi connectivity index (χ2n) is 13.7. The Labute approximate surface area is 280 Å². The largest absolute Gasteiger partial charge is 0.456 e. The topological polar surface area (TPSA) is 9.23 Å². The minimum Gasteiger partial charge on any atom is -0.456 e. The number of ether oxygens (including phenoxy) is 1. The molecule has 0 unspecified atom stereocenters. The van der Waals surface area contributed by atoms with E-state index in [2.05, 4.69) is 166 Å². The van der Waals surface area contributed by atoms with Crippen LogP contribution in [0.2, 0.25) is 0 Å². The molecule has 10 rings (SSSR count). The molecule has 0 atom stereocenters. The molecule has 0 spiro atoms.